The highest BCUT2D eigenvalue weighted by Gasteiger charge is 2.38. The van der Waals surface area contributed by atoms with E-state index >= 15 is 0 Å². The predicted molar refractivity (Wildman–Crippen MR) is 69.4 cm³/mol. The highest BCUT2D eigenvalue weighted by Crippen LogP contribution is 2.37. The molecule has 1 saturated heterocycles. The van der Waals surface area contributed by atoms with Crippen molar-refractivity contribution in [2.45, 2.75) is 70.4 Å². The Morgan fingerprint density at radius 3 is 2.44 bits per heavy atom. The monoisotopic (exact) mass is 224 g/mol. The van der Waals surface area contributed by atoms with Gasteiger partial charge >= 0.3 is 0 Å². The van der Waals surface area contributed by atoms with Gasteiger partial charge < -0.3 is 10.6 Å². The summed E-state index contributed by atoms with van der Waals surface area (Å²) >= 11 is 0. The molecule has 16 heavy (non-hydrogen) atoms. The molecule has 2 rings (SSSR count). The fourth-order valence-electron chi connectivity index (χ4n) is 3.56. The minimum Gasteiger partial charge on any atom is -0.325 e. The summed E-state index contributed by atoms with van der Waals surface area (Å²) in [6, 6.07) is 0.690. The van der Waals surface area contributed by atoms with Gasteiger partial charge in [0.15, 0.2) is 0 Å². The molecule has 2 N–H and O–H groups in total. The number of nitrogens with two attached hydrogens (primary N) is 1. The van der Waals surface area contributed by atoms with Crippen LogP contribution in [0.3, 0.4) is 0 Å². The van der Waals surface area contributed by atoms with E-state index in [0.29, 0.717) is 6.04 Å². The maximum atomic E-state index is 6.67. The quantitative estimate of drug-likeness (QED) is 0.781. The molecule has 1 aliphatic heterocycles. The van der Waals surface area contributed by atoms with Gasteiger partial charge in [-0.1, -0.05) is 19.3 Å². The number of piperidine rings is 1. The molecule has 0 aromatic heterocycles. The predicted octanol–water partition coefficient (Wildman–Crippen LogP) is 2.77. The van der Waals surface area contributed by atoms with Crippen molar-refractivity contribution in [1.29, 1.82) is 0 Å². The van der Waals surface area contributed by atoms with Crippen molar-refractivity contribution in [2.24, 2.45) is 11.7 Å². The Morgan fingerprint density at radius 1 is 1.12 bits per heavy atom. The molecule has 2 heteroatoms. The van der Waals surface area contributed by atoms with Gasteiger partial charge in [-0.2, -0.15) is 0 Å². The summed E-state index contributed by atoms with van der Waals surface area (Å²) in [5, 5.41) is 0. The maximum Gasteiger partial charge on any atom is 0.0195 e. The summed E-state index contributed by atoms with van der Waals surface area (Å²) in [6.45, 7) is 7.15. The first-order valence-corrected chi connectivity index (χ1v) is 7.15. The van der Waals surface area contributed by atoms with E-state index in [1.807, 2.05) is 0 Å². The van der Waals surface area contributed by atoms with Crippen molar-refractivity contribution in [2.75, 3.05) is 13.1 Å². The number of hydrogen-bond donors (Lipinski definition) is 1. The van der Waals surface area contributed by atoms with E-state index in [2.05, 4.69) is 18.7 Å². The first-order valence-electron chi connectivity index (χ1n) is 7.15. The first-order chi connectivity index (χ1) is 7.62. The molecule has 0 radical (unpaired) electrons. The Balaban J connectivity index is 1.97. The molecule has 1 heterocycles. The average molecular weight is 224 g/mol. The van der Waals surface area contributed by atoms with Crippen LogP contribution in [0.1, 0.15) is 58.8 Å². The van der Waals surface area contributed by atoms with Crippen molar-refractivity contribution < 1.29 is 0 Å². The van der Waals surface area contributed by atoms with Crippen LogP contribution in [0.2, 0.25) is 0 Å². The Labute approximate surface area is 101 Å². The molecule has 1 atom stereocenters. The number of hydrogen-bond acceptors (Lipinski definition) is 2. The summed E-state index contributed by atoms with van der Waals surface area (Å²) < 4.78 is 0. The fourth-order valence-corrected chi connectivity index (χ4v) is 3.56. The molecule has 1 aliphatic carbocycles. The largest absolute Gasteiger partial charge is 0.325 e. The standard InChI is InChI=1S/C14H28N2/c1-12(2)16-10-6-7-13(11-16)14(15)8-4-3-5-9-14/h12-13H,3-11,15H2,1-2H3. The molecule has 94 valence electrons. The maximum absolute atomic E-state index is 6.67. The van der Waals surface area contributed by atoms with Crippen LogP contribution in [0.15, 0.2) is 0 Å². The zero-order valence-corrected chi connectivity index (χ0v) is 11.0. The smallest absolute Gasteiger partial charge is 0.0195 e. The van der Waals surface area contributed by atoms with E-state index in [-0.39, 0.29) is 5.54 Å². The van der Waals surface area contributed by atoms with Crippen LogP contribution in [0.25, 0.3) is 0 Å². The van der Waals surface area contributed by atoms with E-state index in [0.717, 1.165) is 5.92 Å². The van der Waals surface area contributed by atoms with Gasteiger partial charge in [-0.15, -0.1) is 0 Å². The molecular weight excluding hydrogens is 196 g/mol. The lowest BCUT2D eigenvalue weighted by molar-refractivity contribution is 0.0746. The van der Waals surface area contributed by atoms with Gasteiger partial charge in [-0.25, -0.2) is 0 Å². The van der Waals surface area contributed by atoms with Crippen molar-refractivity contribution in [3.63, 3.8) is 0 Å². The summed E-state index contributed by atoms with van der Waals surface area (Å²) in [5.41, 5.74) is 6.84. The van der Waals surface area contributed by atoms with Crippen LogP contribution in [-0.4, -0.2) is 29.6 Å². The normalized spacial score (nSPS) is 31.9. The third-order valence-corrected chi connectivity index (χ3v) is 4.78. The van der Waals surface area contributed by atoms with Crippen LogP contribution in [0.4, 0.5) is 0 Å². The average Bonchev–Trinajstić information content (AvgIpc) is 2.30. The first kappa shape index (κ1) is 12.4. The third-order valence-electron chi connectivity index (χ3n) is 4.78. The van der Waals surface area contributed by atoms with E-state index in [1.165, 1.54) is 58.0 Å². The van der Waals surface area contributed by atoms with Gasteiger partial charge in [0.2, 0.25) is 0 Å². The summed E-state index contributed by atoms with van der Waals surface area (Å²) in [5.74, 6) is 0.754. The minimum atomic E-state index is 0.172. The molecule has 2 fully saturated rings. The van der Waals surface area contributed by atoms with Crippen LogP contribution in [0, 0.1) is 5.92 Å². The van der Waals surface area contributed by atoms with Crippen LogP contribution < -0.4 is 5.73 Å². The molecule has 0 amide bonds. The molecule has 0 aromatic rings. The molecule has 2 aliphatic rings. The van der Waals surface area contributed by atoms with Gasteiger partial charge in [0.05, 0.1) is 0 Å². The van der Waals surface area contributed by atoms with Gasteiger partial charge in [-0.05, 0) is 52.0 Å². The molecule has 0 bridgehead atoms. The molecular formula is C14H28N2. The Kier molecular flexibility index (Phi) is 3.91. The minimum absolute atomic E-state index is 0.172. The fraction of sp³-hybridized carbons (Fsp3) is 1.00. The van der Waals surface area contributed by atoms with Crippen molar-refractivity contribution >= 4 is 0 Å². The van der Waals surface area contributed by atoms with Crippen molar-refractivity contribution in [3.05, 3.63) is 0 Å². The van der Waals surface area contributed by atoms with E-state index in [4.69, 9.17) is 5.73 Å². The summed E-state index contributed by atoms with van der Waals surface area (Å²) in [4.78, 5) is 2.62. The SMILES string of the molecule is CC(C)N1CCCC(C2(N)CCCCC2)C1. The molecule has 0 aromatic carbocycles. The van der Waals surface area contributed by atoms with Crippen LogP contribution in [-0.2, 0) is 0 Å². The van der Waals surface area contributed by atoms with Gasteiger partial charge in [0.25, 0.3) is 0 Å². The van der Waals surface area contributed by atoms with Crippen molar-refractivity contribution in [1.82, 2.24) is 4.90 Å². The lowest BCUT2D eigenvalue weighted by Crippen LogP contribution is -2.55. The second kappa shape index (κ2) is 5.05. The summed E-state index contributed by atoms with van der Waals surface area (Å²) in [6.07, 6.45) is 9.36. The van der Waals surface area contributed by atoms with E-state index in [9.17, 15) is 0 Å². The molecule has 1 unspecified atom stereocenters. The Morgan fingerprint density at radius 2 is 1.81 bits per heavy atom. The molecule has 1 saturated carbocycles. The number of rotatable bonds is 2. The zero-order valence-electron chi connectivity index (χ0n) is 11.0. The topological polar surface area (TPSA) is 29.3 Å². The highest BCUT2D eigenvalue weighted by atomic mass is 15.2. The van der Waals surface area contributed by atoms with E-state index in [1.54, 1.807) is 0 Å². The van der Waals surface area contributed by atoms with Gasteiger partial charge in [0.1, 0.15) is 0 Å². The van der Waals surface area contributed by atoms with Gasteiger partial charge in [-0.3, -0.25) is 0 Å². The molecule has 0 spiro atoms. The van der Waals surface area contributed by atoms with Crippen LogP contribution in [0.5, 0.6) is 0 Å². The highest BCUT2D eigenvalue weighted by molar-refractivity contribution is 4.96. The van der Waals surface area contributed by atoms with Gasteiger partial charge in [0, 0.05) is 18.1 Å². The summed E-state index contributed by atoms with van der Waals surface area (Å²) in [7, 11) is 0. The molecule has 2 nitrogen and oxygen atoms in total. The Hall–Kier alpha value is -0.0800. The zero-order chi connectivity index (χ0) is 11.6. The second-order valence-electron chi connectivity index (χ2n) is 6.22. The number of likely N-dealkylation sites (tertiary alicyclic amines) is 1. The second-order valence-corrected chi connectivity index (χ2v) is 6.22. The lowest BCUT2D eigenvalue weighted by Gasteiger charge is -2.46. The van der Waals surface area contributed by atoms with Crippen molar-refractivity contribution in [3.8, 4) is 0 Å². The van der Waals surface area contributed by atoms with E-state index < -0.39 is 0 Å². The lowest BCUT2D eigenvalue weighted by atomic mass is 9.70. The number of nitrogens with zero attached hydrogens (tertiary/aromatic N) is 1. The third kappa shape index (κ3) is 2.60. The van der Waals surface area contributed by atoms with Crippen LogP contribution >= 0.6 is 0 Å². The Bertz CT molecular complexity index is 219.